The summed E-state index contributed by atoms with van der Waals surface area (Å²) < 4.78 is 0. The van der Waals surface area contributed by atoms with Crippen molar-refractivity contribution in [2.24, 2.45) is 0 Å². The predicted octanol–water partition coefficient (Wildman–Crippen LogP) is 1.32. The van der Waals surface area contributed by atoms with Crippen molar-refractivity contribution in [3.63, 3.8) is 0 Å². The molecular formula is C9H12N2O2. The molecule has 0 unspecified atom stereocenters. The number of carbonyl (C=O) groups is 1. The first-order valence-electron chi connectivity index (χ1n) is 4.05. The summed E-state index contributed by atoms with van der Waals surface area (Å²) in [5, 5.41) is 8.33. The summed E-state index contributed by atoms with van der Waals surface area (Å²) in [6.45, 7) is 4.09. The van der Waals surface area contributed by atoms with Crippen LogP contribution in [0.1, 0.15) is 35.8 Å². The largest absolute Gasteiger partial charge is 0.293 e. The van der Waals surface area contributed by atoms with Crippen LogP contribution in [0.2, 0.25) is 0 Å². The Morgan fingerprint density at radius 1 is 1.54 bits per heavy atom. The molecule has 0 fully saturated rings. The highest BCUT2D eigenvalue weighted by Gasteiger charge is 2.05. The third-order valence-electron chi connectivity index (χ3n) is 1.79. The lowest BCUT2D eigenvalue weighted by Crippen LogP contribution is -2.19. The fourth-order valence-electron chi connectivity index (χ4n) is 0.938. The predicted molar refractivity (Wildman–Crippen MR) is 47.6 cm³/mol. The van der Waals surface area contributed by atoms with Crippen molar-refractivity contribution in [1.82, 2.24) is 10.5 Å². The third-order valence-corrected chi connectivity index (χ3v) is 1.79. The van der Waals surface area contributed by atoms with Gasteiger partial charge in [-0.25, -0.2) is 5.48 Å². The van der Waals surface area contributed by atoms with Crippen LogP contribution in [0.3, 0.4) is 0 Å². The van der Waals surface area contributed by atoms with Crippen molar-refractivity contribution in [3.8, 4) is 0 Å². The van der Waals surface area contributed by atoms with Crippen LogP contribution in [0.5, 0.6) is 0 Å². The van der Waals surface area contributed by atoms with Crippen LogP contribution < -0.4 is 5.48 Å². The van der Waals surface area contributed by atoms with Crippen LogP contribution in [0.25, 0.3) is 0 Å². The number of rotatable bonds is 2. The topological polar surface area (TPSA) is 62.2 Å². The van der Waals surface area contributed by atoms with Crippen molar-refractivity contribution < 1.29 is 10.0 Å². The van der Waals surface area contributed by atoms with E-state index in [9.17, 15) is 4.79 Å². The van der Waals surface area contributed by atoms with E-state index in [0.29, 0.717) is 5.92 Å². The third kappa shape index (κ3) is 2.26. The first-order chi connectivity index (χ1) is 6.15. The fraction of sp³-hybridized carbons (Fsp3) is 0.333. The number of carbonyl (C=O) groups excluding carboxylic acids is 1. The van der Waals surface area contributed by atoms with Gasteiger partial charge >= 0.3 is 0 Å². The van der Waals surface area contributed by atoms with E-state index < -0.39 is 5.91 Å². The lowest BCUT2D eigenvalue weighted by molar-refractivity contribution is 0.0700. The van der Waals surface area contributed by atoms with Crippen molar-refractivity contribution in [2.75, 3.05) is 0 Å². The minimum Gasteiger partial charge on any atom is -0.288 e. The number of hydroxylamine groups is 1. The highest BCUT2D eigenvalue weighted by atomic mass is 16.5. The van der Waals surface area contributed by atoms with Crippen LogP contribution in [0.4, 0.5) is 0 Å². The van der Waals surface area contributed by atoms with E-state index in [-0.39, 0.29) is 5.69 Å². The number of nitrogens with one attached hydrogen (secondary N) is 1. The second kappa shape index (κ2) is 4.00. The number of hydrogen-bond donors (Lipinski definition) is 2. The summed E-state index contributed by atoms with van der Waals surface area (Å²) in [6, 6.07) is 3.41. The Morgan fingerprint density at radius 2 is 2.23 bits per heavy atom. The number of aromatic nitrogens is 1. The van der Waals surface area contributed by atoms with E-state index in [1.54, 1.807) is 12.3 Å². The van der Waals surface area contributed by atoms with Gasteiger partial charge in [-0.15, -0.1) is 0 Å². The van der Waals surface area contributed by atoms with Gasteiger partial charge in [0.15, 0.2) is 0 Å². The van der Waals surface area contributed by atoms with Crippen molar-refractivity contribution in [2.45, 2.75) is 19.8 Å². The molecule has 2 N–H and O–H groups in total. The van der Waals surface area contributed by atoms with Gasteiger partial charge in [-0.2, -0.15) is 0 Å². The van der Waals surface area contributed by atoms with Crippen LogP contribution >= 0.6 is 0 Å². The van der Waals surface area contributed by atoms with Gasteiger partial charge in [0.25, 0.3) is 5.91 Å². The molecule has 0 aromatic carbocycles. The number of amides is 1. The first-order valence-corrected chi connectivity index (χ1v) is 4.05. The Balaban J connectivity index is 2.87. The standard InChI is InChI=1S/C9H12N2O2/c1-6(2)7-3-4-8(10-5-7)9(12)11-13/h3-6,13H,1-2H3,(H,11,12). The number of pyridine rings is 1. The Hall–Kier alpha value is -1.42. The molecule has 0 aliphatic heterocycles. The van der Waals surface area contributed by atoms with Gasteiger partial charge in [0.05, 0.1) is 0 Å². The van der Waals surface area contributed by atoms with E-state index in [1.807, 2.05) is 19.9 Å². The van der Waals surface area contributed by atoms with Gasteiger partial charge in [0.2, 0.25) is 0 Å². The van der Waals surface area contributed by atoms with E-state index >= 15 is 0 Å². The van der Waals surface area contributed by atoms with Crippen molar-refractivity contribution in [3.05, 3.63) is 29.6 Å². The molecule has 1 amide bonds. The highest BCUT2D eigenvalue weighted by Crippen LogP contribution is 2.12. The molecule has 1 rings (SSSR count). The van der Waals surface area contributed by atoms with Crippen molar-refractivity contribution in [1.29, 1.82) is 0 Å². The second-order valence-corrected chi connectivity index (χ2v) is 3.07. The van der Waals surface area contributed by atoms with Gasteiger partial charge in [-0.1, -0.05) is 19.9 Å². The molecule has 0 aliphatic rings. The van der Waals surface area contributed by atoms with Gasteiger partial charge < -0.3 is 0 Å². The van der Waals surface area contributed by atoms with Gasteiger partial charge in [0.1, 0.15) is 5.69 Å². The lowest BCUT2D eigenvalue weighted by Gasteiger charge is -2.04. The molecule has 0 atom stereocenters. The molecule has 0 spiro atoms. The maximum atomic E-state index is 10.9. The Bertz CT molecular complexity index is 293. The van der Waals surface area contributed by atoms with Gasteiger partial charge in [0, 0.05) is 6.20 Å². The molecular weight excluding hydrogens is 168 g/mol. The van der Waals surface area contributed by atoms with Crippen LogP contribution in [0.15, 0.2) is 18.3 Å². The summed E-state index contributed by atoms with van der Waals surface area (Å²) in [4.78, 5) is 14.8. The van der Waals surface area contributed by atoms with E-state index in [1.165, 1.54) is 5.48 Å². The number of nitrogens with zero attached hydrogens (tertiary/aromatic N) is 1. The smallest absolute Gasteiger partial charge is 0.288 e. The van der Waals surface area contributed by atoms with E-state index in [4.69, 9.17) is 5.21 Å². The maximum Gasteiger partial charge on any atom is 0.293 e. The summed E-state index contributed by atoms with van der Waals surface area (Å²) >= 11 is 0. The molecule has 0 saturated carbocycles. The maximum absolute atomic E-state index is 10.9. The van der Waals surface area contributed by atoms with Crippen LogP contribution in [0, 0.1) is 0 Å². The Morgan fingerprint density at radius 3 is 2.62 bits per heavy atom. The first kappa shape index (κ1) is 9.67. The molecule has 0 radical (unpaired) electrons. The summed E-state index contributed by atoms with van der Waals surface area (Å²) in [7, 11) is 0. The average Bonchev–Trinajstić information content (AvgIpc) is 2.17. The zero-order chi connectivity index (χ0) is 9.84. The van der Waals surface area contributed by atoms with E-state index in [0.717, 1.165) is 5.56 Å². The highest BCUT2D eigenvalue weighted by molar-refractivity contribution is 5.91. The normalized spacial score (nSPS) is 10.2. The molecule has 0 aliphatic carbocycles. The average molecular weight is 180 g/mol. The molecule has 1 aromatic heterocycles. The SMILES string of the molecule is CC(C)c1ccc(C(=O)NO)nc1. The monoisotopic (exact) mass is 180 g/mol. The summed E-state index contributed by atoms with van der Waals surface area (Å²) in [5.41, 5.74) is 2.81. The molecule has 70 valence electrons. The molecule has 0 saturated heterocycles. The van der Waals surface area contributed by atoms with Crippen molar-refractivity contribution >= 4 is 5.91 Å². The minimum absolute atomic E-state index is 0.215. The number of hydrogen-bond acceptors (Lipinski definition) is 3. The zero-order valence-electron chi connectivity index (χ0n) is 7.61. The summed E-state index contributed by atoms with van der Waals surface area (Å²) in [6.07, 6.45) is 1.63. The fourth-order valence-corrected chi connectivity index (χ4v) is 0.938. The molecule has 4 heteroatoms. The van der Waals surface area contributed by atoms with Crippen LogP contribution in [-0.2, 0) is 0 Å². The quantitative estimate of drug-likeness (QED) is 0.533. The lowest BCUT2D eigenvalue weighted by atomic mass is 10.1. The van der Waals surface area contributed by atoms with E-state index in [2.05, 4.69) is 4.98 Å². The molecule has 1 heterocycles. The second-order valence-electron chi connectivity index (χ2n) is 3.07. The Kier molecular flexibility index (Phi) is 2.97. The minimum atomic E-state index is -0.588. The van der Waals surface area contributed by atoms with Gasteiger partial charge in [-0.3, -0.25) is 15.0 Å². The molecule has 4 nitrogen and oxygen atoms in total. The molecule has 0 bridgehead atoms. The Labute approximate surface area is 76.6 Å². The van der Waals surface area contributed by atoms with Gasteiger partial charge in [-0.05, 0) is 17.5 Å². The summed E-state index contributed by atoms with van der Waals surface area (Å²) in [5.74, 6) is -0.200. The molecule has 13 heavy (non-hydrogen) atoms. The molecule has 1 aromatic rings. The zero-order valence-corrected chi connectivity index (χ0v) is 7.61. The van der Waals surface area contributed by atoms with Crippen LogP contribution in [-0.4, -0.2) is 16.1 Å².